The van der Waals surface area contributed by atoms with E-state index in [1.54, 1.807) is 11.0 Å². The predicted octanol–water partition coefficient (Wildman–Crippen LogP) is 2.76. The van der Waals surface area contributed by atoms with Crippen molar-refractivity contribution < 1.29 is 14.0 Å². The molecular weight excluding hydrogens is 307 g/mol. The SMILES string of the molecule is CC(=O)N(CC(=O)N1CCc2ccccc2C1)c1cccc(F)c1. The van der Waals surface area contributed by atoms with E-state index in [4.69, 9.17) is 0 Å². The Kier molecular flexibility index (Phi) is 4.60. The van der Waals surface area contributed by atoms with Crippen LogP contribution in [0.15, 0.2) is 48.5 Å². The van der Waals surface area contributed by atoms with Crippen LogP contribution in [0.4, 0.5) is 10.1 Å². The molecule has 0 atom stereocenters. The molecule has 124 valence electrons. The third-order valence-electron chi connectivity index (χ3n) is 4.28. The molecule has 24 heavy (non-hydrogen) atoms. The van der Waals surface area contributed by atoms with E-state index in [2.05, 4.69) is 6.07 Å². The van der Waals surface area contributed by atoms with Gasteiger partial charge in [-0.3, -0.25) is 9.59 Å². The van der Waals surface area contributed by atoms with Crippen LogP contribution in [0, 0.1) is 5.82 Å². The summed E-state index contributed by atoms with van der Waals surface area (Å²) in [5, 5.41) is 0. The summed E-state index contributed by atoms with van der Waals surface area (Å²) in [6, 6.07) is 13.8. The highest BCUT2D eigenvalue weighted by Crippen LogP contribution is 2.20. The number of carbonyl (C=O) groups excluding carboxylic acids is 2. The topological polar surface area (TPSA) is 40.6 Å². The minimum atomic E-state index is -0.432. The van der Waals surface area contributed by atoms with E-state index in [-0.39, 0.29) is 18.4 Å². The van der Waals surface area contributed by atoms with Gasteiger partial charge in [0.15, 0.2) is 0 Å². The second-order valence-electron chi connectivity index (χ2n) is 5.92. The van der Waals surface area contributed by atoms with E-state index in [0.29, 0.717) is 18.8 Å². The Morgan fingerprint density at radius 2 is 1.88 bits per heavy atom. The minimum Gasteiger partial charge on any atom is -0.336 e. The van der Waals surface area contributed by atoms with Crippen molar-refractivity contribution >= 4 is 17.5 Å². The van der Waals surface area contributed by atoms with Crippen LogP contribution in [0.25, 0.3) is 0 Å². The molecule has 0 unspecified atom stereocenters. The summed E-state index contributed by atoms with van der Waals surface area (Å²) >= 11 is 0. The molecule has 0 saturated heterocycles. The van der Waals surface area contributed by atoms with E-state index < -0.39 is 5.82 Å². The van der Waals surface area contributed by atoms with Gasteiger partial charge in [-0.2, -0.15) is 0 Å². The number of rotatable bonds is 3. The first-order valence-electron chi connectivity index (χ1n) is 7.93. The highest BCUT2D eigenvalue weighted by molar-refractivity contribution is 5.97. The Bertz CT molecular complexity index is 775. The lowest BCUT2D eigenvalue weighted by Crippen LogP contribution is -2.44. The van der Waals surface area contributed by atoms with E-state index in [1.807, 2.05) is 18.2 Å². The predicted molar refractivity (Wildman–Crippen MR) is 90.0 cm³/mol. The summed E-state index contributed by atoms with van der Waals surface area (Å²) in [5.74, 6) is -0.853. The monoisotopic (exact) mass is 326 g/mol. The van der Waals surface area contributed by atoms with Crippen LogP contribution in [-0.4, -0.2) is 29.8 Å². The van der Waals surface area contributed by atoms with Crippen molar-refractivity contribution in [1.82, 2.24) is 4.90 Å². The van der Waals surface area contributed by atoms with Crippen LogP contribution < -0.4 is 4.90 Å². The molecule has 0 fully saturated rings. The van der Waals surface area contributed by atoms with E-state index in [9.17, 15) is 14.0 Å². The fourth-order valence-corrected chi connectivity index (χ4v) is 2.97. The third kappa shape index (κ3) is 3.45. The van der Waals surface area contributed by atoms with Gasteiger partial charge in [-0.15, -0.1) is 0 Å². The van der Waals surface area contributed by atoms with E-state index in [0.717, 1.165) is 12.0 Å². The fourth-order valence-electron chi connectivity index (χ4n) is 2.97. The summed E-state index contributed by atoms with van der Waals surface area (Å²) in [4.78, 5) is 27.6. The van der Waals surface area contributed by atoms with Gasteiger partial charge < -0.3 is 9.80 Å². The van der Waals surface area contributed by atoms with Crippen molar-refractivity contribution in [3.05, 3.63) is 65.5 Å². The molecule has 0 radical (unpaired) electrons. The van der Waals surface area contributed by atoms with Crippen molar-refractivity contribution in [3.8, 4) is 0 Å². The number of carbonyl (C=O) groups is 2. The molecule has 1 aliphatic rings. The minimum absolute atomic E-state index is 0.0824. The van der Waals surface area contributed by atoms with Gasteiger partial charge >= 0.3 is 0 Å². The van der Waals surface area contributed by atoms with Gasteiger partial charge in [-0.05, 0) is 35.7 Å². The van der Waals surface area contributed by atoms with Crippen LogP contribution in [0.1, 0.15) is 18.1 Å². The number of hydrogen-bond donors (Lipinski definition) is 0. The maximum absolute atomic E-state index is 13.4. The molecule has 3 rings (SSSR count). The largest absolute Gasteiger partial charge is 0.336 e. The normalized spacial score (nSPS) is 13.3. The second kappa shape index (κ2) is 6.83. The molecule has 2 aromatic rings. The molecular formula is C19H19FN2O2. The maximum Gasteiger partial charge on any atom is 0.242 e. The molecule has 4 nitrogen and oxygen atoms in total. The Balaban J connectivity index is 1.74. The van der Waals surface area contributed by atoms with Crippen molar-refractivity contribution in [2.45, 2.75) is 19.9 Å². The van der Waals surface area contributed by atoms with Crippen LogP contribution in [-0.2, 0) is 22.6 Å². The van der Waals surface area contributed by atoms with Gasteiger partial charge in [-0.25, -0.2) is 4.39 Å². The van der Waals surface area contributed by atoms with Crippen LogP contribution in [0.5, 0.6) is 0 Å². The highest BCUT2D eigenvalue weighted by Gasteiger charge is 2.24. The number of fused-ring (bicyclic) bond motifs is 1. The zero-order chi connectivity index (χ0) is 17.1. The van der Waals surface area contributed by atoms with Gasteiger partial charge in [0.05, 0.1) is 0 Å². The Labute approximate surface area is 140 Å². The van der Waals surface area contributed by atoms with Gasteiger partial charge in [0.2, 0.25) is 11.8 Å². The first-order chi connectivity index (χ1) is 11.5. The first-order valence-corrected chi connectivity index (χ1v) is 7.93. The smallest absolute Gasteiger partial charge is 0.242 e. The van der Waals surface area contributed by atoms with Gasteiger partial charge in [-0.1, -0.05) is 30.3 Å². The lowest BCUT2D eigenvalue weighted by atomic mass is 10.00. The fraction of sp³-hybridized carbons (Fsp3) is 0.263. The van der Waals surface area contributed by atoms with Gasteiger partial charge in [0, 0.05) is 25.7 Å². The lowest BCUT2D eigenvalue weighted by Gasteiger charge is -2.31. The zero-order valence-electron chi connectivity index (χ0n) is 13.5. The van der Waals surface area contributed by atoms with Crippen molar-refractivity contribution in [3.63, 3.8) is 0 Å². The van der Waals surface area contributed by atoms with Crippen molar-refractivity contribution in [1.29, 1.82) is 0 Å². The van der Waals surface area contributed by atoms with Crippen LogP contribution in [0.3, 0.4) is 0 Å². The Hall–Kier alpha value is -2.69. The van der Waals surface area contributed by atoms with Gasteiger partial charge in [0.25, 0.3) is 0 Å². The quantitative estimate of drug-likeness (QED) is 0.870. The third-order valence-corrected chi connectivity index (χ3v) is 4.28. The van der Waals surface area contributed by atoms with Crippen LogP contribution >= 0.6 is 0 Å². The summed E-state index contributed by atoms with van der Waals surface area (Å²) in [6.45, 7) is 2.47. The van der Waals surface area contributed by atoms with E-state index >= 15 is 0 Å². The number of halogens is 1. The Morgan fingerprint density at radius 3 is 2.58 bits per heavy atom. The highest BCUT2D eigenvalue weighted by atomic mass is 19.1. The summed E-state index contributed by atoms with van der Waals surface area (Å²) in [6.07, 6.45) is 0.807. The van der Waals surface area contributed by atoms with E-state index in [1.165, 1.54) is 35.6 Å². The number of amides is 2. The average molecular weight is 326 g/mol. The summed E-state index contributed by atoms with van der Waals surface area (Å²) < 4.78 is 13.4. The van der Waals surface area contributed by atoms with Crippen LogP contribution in [0.2, 0.25) is 0 Å². The summed E-state index contributed by atoms with van der Waals surface area (Å²) in [5.41, 5.74) is 2.79. The second-order valence-corrected chi connectivity index (χ2v) is 5.92. The molecule has 1 aliphatic heterocycles. The number of anilines is 1. The van der Waals surface area contributed by atoms with Gasteiger partial charge in [0.1, 0.15) is 12.4 Å². The first kappa shape index (κ1) is 16.2. The molecule has 2 aromatic carbocycles. The molecule has 0 aliphatic carbocycles. The van der Waals surface area contributed by atoms with Crippen molar-refractivity contribution in [2.75, 3.05) is 18.0 Å². The number of nitrogens with zero attached hydrogens (tertiary/aromatic N) is 2. The molecule has 0 spiro atoms. The molecule has 0 aromatic heterocycles. The summed E-state index contributed by atoms with van der Waals surface area (Å²) in [7, 11) is 0. The standard InChI is InChI=1S/C19H19FN2O2/c1-14(23)22(18-8-4-7-17(20)11-18)13-19(24)21-10-9-15-5-2-3-6-16(15)12-21/h2-8,11H,9-10,12-13H2,1H3. The number of hydrogen-bond acceptors (Lipinski definition) is 2. The zero-order valence-corrected chi connectivity index (χ0v) is 13.5. The maximum atomic E-state index is 13.4. The molecule has 2 amide bonds. The molecule has 0 N–H and O–H groups in total. The Morgan fingerprint density at radius 1 is 1.12 bits per heavy atom. The molecule has 0 bridgehead atoms. The molecule has 0 saturated carbocycles. The lowest BCUT2D eigenvalue weighted by molar-refractivity contribution is -0.132. The molecule has 5 heteroatoms. The van der Waals surface area contributed by atoms with Crippen molar-refractivity contribution in [2.24, 2.45) is 0 Å². The average Bonchev–Trinajstić information content (AvgIpc) is 2.58. The number of benzene rings is 2. The molecule has 1 heterocycles.